The summed E-state index contributed by atoms with van der Waals surface area (Å²) >= 11 is 0. The van der Waals surface area contributed by atoms with Gasteiger partial charge in [0.1, 0.15) is 12.4 Å². The standard InChI is InChI=1S/C23H39N5O3.HI/c1-6-28-11-7-8-20(28)16-25-23(26-17-22(29)27(3)4)24-15-19-10-9-18(2)14-21(19)31-13-12-30-5;/h9-10,14,20H,6-8,11-13,15-17H2,1-5H3,(H2,24,25,26);1H. The van der Waals surface area contributed by atoms with Crippen LogP contribution in [0, 0.1) is 6.92 Å². The van der Waals surface area contributed by atoms with Gasteiger partial charge in [0.05, 0.1) is 19.7 Å². The Morgan fingerprint density at radius 1 is 1.28 bits per heavy atom. The van der Waals surface area contributed by atoms with Gasteiger partial charge in [-0.05, 0) is 44.5 Å². The highest BCUT2D eigenvalue weighted by molar-refractivity contribution is 14.0. The van der Waals surface area contributed by atoms with Gasteiger partial charge in [-0.15, -0.1) is 24.0 Å². The van der Waals surface area contributed by atoms with Crippen LogP contribution in [0.25, 0.3) is 0 Å². The smallest absolute Gasteiger partial charge is 0.241 e. The fourth-order valence-electron chi connectivity index (χ4n) is 3.57. The van der Waals surface area contributed by atoms with Crippen LogP contribution in [0.5, 0.6) is 5.75 Å². The van der Waals surface area contributed by atoms with Gasteiger partial charge >= 0.3 is 0 Å². The van der Waals surface area contributed by atoms with Crippen molar-refractivity contribution in [2.75, 3.05) is 60.6 Å². The molecule has 1 heterocycles. The van der Waals surface area contributed by atoms with E-state index in [4.69, 9.17) is 14.5 Å². The molecule has 0 bridgehead atoms. The average molecular weight is 562 g/mol. The van der Waals surface area contributed by atoms with E-state index in [1.807, 2.05) is 19.1 Å². The van der Waals surface area contributed by atoms with Crippen LogP contribution in [0.4, 0.5) is 0 Å². The summed E-state index contributed by atoms with van der Waals surface area (Å²) in [7, 11) is 5.16. The molecular formula is C23H40IN5O3. The number of likely N-dealkylation sites (tertiary alicyclic amines) is 1. The van der Waals surface area contributed by atoms with E-state index in [1.54, 1.807) is 26.1 Å². The number of methoxy groups -OCH3 is 1. The highest BCUT2D eigenvalue weighted by Crippen LogP contribution is 2.21. The van der Waals surface area contributed by atoms with Crippen molar-refractivity contribution in [3.05, 3.63) is 29.3 Å². The lowest BCUT2D eigenvalue weighted by atomic mass is 10.1. The number of hydrogen-bond acceptors (Lipinski definition) is 5. The lowest BCUT2D eigenvalue weighted by molar-refractivity contribution is -0.127. The summed E-state index contributed by atoms with van der Waals surface area (Å²) in [6.45, 7) is 8.93. The fraction of sp³-hybridized carbons (Fsp3) is 0.652. The molecule has 1 fully saturated rings. The number of amides is 1. The van der Waals surface area contributed by atoms with Crippen molar-refractivity contribution in [1.29, 1.82) is 0 Å². The fourth-order valence-corrected chi connectivity index (χ4v) is 3.57. The zero-order valence-electron chi connectivity index (χ0n) is 20.1. The first kappa shape index (κ1) is 28.4. The van der Waals surface area contributed by atoms with E-state index >= 15 is 0 Å². The number of likely N-dealkylation sites (N-methyl/N-ethyl adjacent to an activating group) is 2. The number of nitrogens with zero attached hydrogens (tertiary/aromatic N) is 3. The van der Waals surface area contributed by atoms with Crippen LogP contribution >= 0.6 is 24.0 Å². The molecule has 1 aliphatic heterocycles. The predicted molar refractivity (Wildman–Crippen MR) is 140 cm³/mol. The van der Waals surface area contributed by atoms with Gasteiger partial charge in [0.15, 0.2) is 5.96 Å². The largest absolute Gasteiger partial charge is 0.491 e. The van der Waals surface area contributed by atoms with Crippen LogP contribution < -0.4 is 15.4 Å². The summed E-state index contributed by atoms with van der Waals surface area (Å²) in [5.41, 5.74) is 2.13. The number of nitrogens with one attached hydrogen (secondary N) is 2. The van der Waals surface area contributed by atoms with Crippen molar-refractivity contribution in [2.24, 2.45) is 4.99 Å². The molecule has 0 aliphatic carbocycles. The van der Waals surface area contributed by atoms with Crippen LogP contribution in [0.1, 0.15) is 30.9 Å². The Balaban J connectivity index is 0.00000512. The Bertz CT molecular complexity index is 730. The zero-order chi connectivity index (χ0) is 22.6. The third-order valence-corrected chi connectivity index (χ3v) is 5.49. The van der Waals surface area contributed by atoms with Crippen LogP contribution in [0.2, 0.25) is 0 Å². The van der Waals surface area contributed by atoms with Gasteiger partial charge in [0, 0.05) is 39.4 Å². The molecule has 32 heavy (non-hydrogen) atoms. The van der Waals surface area contributed by atoms with E-state index in [0.717, 1.165) is 36.5 Å². The molecule has 1 aliphatic rings. The Hall–Kier alpha value is -1.59. The highest BCUT2D eigenvalue weighted by Gasteiger charge is 2.23. The van der Waals surface area contributed by atoms with Crippen molar-refractivity contribution in [3.63, 3.8) is 0 Å². The SMILES string of the molecule is CCN1CCCC1CNC(=NCc1ccc(C)cc1OCCOC)NCC(=O)N(C)C.I. The van der Waals surface area contributed by atoms with Crippen LogP contribution in [0.3, 0.4) is 0 Å². The maximum Gasteiger partial charge on any atom is 0.241 e. The van der Waals surface area contributed by atoms with Crippen molar-refractivity contribution < 1.29 is 14.3 Å². The quantitative estimate of drug-likeness (QED) is 0.187. The number of guanidine groups is 1. The summed E-state index contributed by atoms with van der Waals surface area (Å²) in [5.74, 6) is 1.46. The van der Waals surface area contributed by atoms with Crippen LogP contribution in [-0.4, -0.2) is 88.3 Å². The molecule has 1 amide bonds. The molecule has 1 saturated heterocycles. The van der Waals surface area contributed by atoms with Crippen molar-refractivity contribution in [1.82, 2.24) is 20.4 Å². The first-order chi connectivity index (χ1) is 14.9. The van der Waals surface area contributed by atoms with E-state index < -0.39 is 0 Å². The van der Waals surface area contributed by atoms with Gasteiger partial charge in [-0.3, -0.25) is 9.69 Å². The number of carbonyl (C=O) groups excluding carboxylic acids is 1. The third kappa shape index (κ3) is 9.50. The lowest BCUT2D eigenvalue weighted by Crippen LogP contribution is -2.47. The van der Waals surface area contributed by atoms with Crippen LogP contribution in [-0.2, 0) is 16.1 Å². The van der Waals surface area contributed by atoms with Gasteiger partial charge in [-0.2, -0.15) is 0 Å². The topological polar surface area (TPSA) is 78.4 Å². The first-order valence-electron chi connectivity index (χ1n) is 11.1. The minimum atomic E-state index is 0. The van der Waals surface area contributed by atoms with Crippen LogP contribution in [0.15, 0.2) is 23.2 Å². The summed E-state index contributed by atoms with van der Waals surface area (Å²) in [6, 6.07) is 6.61. The van der Waals surface area contributed by atoms with E-state index in [0.29, 0.717) is 31.8 Å². The second-order valence-electron chi connectivity index (χ2n) is 8.06. The Kier molecular flexibility index (Phi) is 13.6. The van der Waals surface area contributed by atoms with Gasteiger partial charge in [0.2, 0.25) is 5.91 Å². The molecule has 0 saturated carbocycles. The molecule has 1 aromatic carbocycles. The maximum atomic E-state index is 12.1. The number of halogens is 1. The number of aryl methyl sites for hydroxylation is 1. The molecule has 0 radical (unpaired) electrons. The minimum absolute atomic E-state index is 0. The second-order valence-corrected chi connectivity index (χ2v) is 8.06. The molecule has 2 rings (SSSR count). The molecule has 8 nitrogen and oxygen atoms in total. The summed E-state index contributed by atoms with van der Waals surface area (Å²) in [4.78, 5) is 20.9. The van der Waals surface area contributed by atoms with Gasteiger partial charge in [-0.25, -0.2) is 4.99 Å². The van der Waals surface area contributed by atoms with E-state index in [9.17, 15) is 4.79 Å². The number of rotatable bonds is 11. The monoisotopic (exact) mass is 561 g/mol. The Morgan fingerprint density at radius 2 is 2.06 bits per heavy atom. The second kappa shape index (κ2) is 15.3. The number of benzene rings is 1. The highest BCUT2D eigenvalue weighted by atomic mass is 127. The minimum Gasteiger partial charge on any atom is -0.491 e. The number of carbonyl (C=O) groups is 1. The van der Waals surface area contributed by atoms with E-state index in [1.165, 1.54) is 12.8 Å². The Labute approximate surface area is 210 Å². The lowest BCUT2D eigenvalue weighted by Gasteiger charge is -2.24. The molecular weight excluding hydrogens is 521 g/mol. The molecule has 2 N–H and O–H groups in total. The molecule has 9 heteroatoms. The molecule has 182 valence electrons. The number of aliphatic imine (C=N–C) groups is 1. The molecule has 0 spiro atoms. The average Bonchev–Trinajstić information content (AvgIpc) is 3.21. The van der Waals surface area contributed by atoms with Gasteiger partial charge in [-0.1, -0.05) is 19.1 Å². The van der Waals surface area contributed by atoms with Gasteiger partial charge < -0.3 is 25.0 Å². The molecule has 1 atom stereocenters. The number of ether oxygens (including phenoxy) is 2. The number of hydrogen-bond donors (Lipinski definition) is 2. The van der Waals surface area contributed by atoms with Crippen molar-refractivity contribution >= 4 is 35.8 Å². The summed E-state index contributed by atoms with van der Waals surface area (Å²) < 4.78 is 11.0. The summed E-state index contributed by atoms with van der Waals surface area (Å²) in [5, 5.41) is 6.62. The predicted octanol–water partition coefficient (Wildman–Crippen LogP) is 2.25. The Morgan fingerprint density at radius 3 is 2.75 bits per heavy atom. The third-order valence-electron chi connectivity index (χ3n) is 5.49. The van der Waals surface area contributed by atoms with E-state index in [-0.39, 0.29) is 36.4 Å². The zero-order valence-corrected chi connectivity index (χ0v) is 22.5. The summed E-state index contributed by atoms with van der Waals surface area (Å²) in [6.07, 6.45) is 2.41. The maximum absolute atomic E-state index is 12.1. The molecule has 1 aromatic rings. The van der Waals surface area contributed by atoms with Gasteiger partial charge in [0.25, 0.3) is 0 Å². The van der Waals surface area contributed by atoms with Crippen molar-refractivity contribution in [3.8, 4) is 5.75 Å². The van der Waals surface area contributed by atoms with E-state index in [2.05, 4.69) is 28.5 Å². The first-order valence-corrected chi connectivity index (χ1v) is 11.1. The normalized spacial score (nSPS) is 16.4. The molecule has 0 aromatic heterocycles. The molecule has 1 unspecified atom stereocenters. The van der Waals surface area contributed by atoms with Crippen molar-refractivity contribution in [2.45, 2.75) is 39.3 Å².